The van der Waals surface area contributed by atoms with Gasteiger partial charge in [-0.2, -0.15) is 0 Å². The first-order valence-electron chi connectivity index (χ1n) is 6.38. The van der Waals surface area contributed by atoms with E-state index in [1.165, 1.54) is 0 Å². The molecular weight excluding hydrogens is 266 g/mol. The van der Waals surface area contributed by atoms with Gasteiger partial charge in [-0.05, 0) is 45.8 Å². The van der Waals surface area contributed by atoms with Crippen LogP contribution in [-0.4, -0.2) is 36.9 Å². The Balaban J connectivity index is 2.14. The van der Waals surface area contributed by atoms with E-state index in [1.54, 1.807) is 11.8 Å². The van der Waals surface area contributed by atoms with Gasteiger partial charge in [0.25, 0.3) is 0 Å². The highest BCUT2D eigenvalue weighted by molar-refractivity contribution is 8.03. The lowest BCUT2D eigenvalue weighted by atomic mass is 10.3. The molecule has 0 amide bonds. The fourth-order valence-corrected chi connectivity index (χ4v) is 4.72. The third-order valence-electron chi connectivity index (χ3n) is 2.98. The summed E-state index contributed by atoms with van der Waals surface area (Å²) in [4.78, 5) is 2.14. The summed E-state index contributed by atoms with van der Waals surface area (Å²) in [7, 11) is -1.58. The molecule has 0 aromatic rings. The third kappa shape index (κ3) is 2.62. The lowest BCUT2D eigenvalue weighted by molar-refractivity contribution is -0.116. The van der Waals surface area contributed by atoms with Crippen molar-refractivity contribution < 1.29 is 13.9 Å². The standard InChI is InChI=1S/C12H23NO3SSi/c1-9-12(15-11(3)14-9)13(7-8-17-12)10(2)16-18(4,5)6/h7-11H,1-6H3. The van der Waals surface area contributed by atoms with Crippen LogP contribution in [0.4, 0.5) is 0 Å². The summed E-state index contributed by atoms with van der Waals surface area (Å²) in [6, 6.07) is 0. The number of hydrogen-bond acceptors (Lipinski definition) is 5. The van der Waals surface area contributed by atoms with Crippen molar-refractivity contribution in [3.05, 3.63) is 11.6 Å². The molecule has 4 atom stereocenters. The molecule has 0 N–H and O–H groups in total. The molecule has 2 aliphatic heterocycles. The molecule has 1 saturated heterocycles. The van der Waals surface area contributed by atoms with Gasteiger partial charge in [-0.3, -0.25) is 0 Å². The first kappa shape index (κ1) is 14.4. The first-order chi connectivity index (χ1) is 8.24. The number of thioether (sulfide) groups is 1. The Hall–Kier alpha value is -0.0131. The first-order valence-corrected chi connectivity index (χ1v) is 10.7. The Morgan fingerprint density at radius 2 is 2.06 bits per heavy atom. The lowest BCUT2D eigenvalue weighted by Crippen LogP contribution is -2.53. The zero-order valence-corrected chi connectivity index (χ0v) is 13.8. The summed E-state index contributed by atoms with van der Waals surface area (Å²) in [5.74, 6) is 0. The second kappa shape index (κ2) is 4.83. The summed E-state index contributed by atoms with van der Waals surface area (Å²) in [6.07, 6.45) is 1.89. The normalized spacial score (nSPS) is 37.8. The highest BCUT2D eigenvalue weighted by Crippen LogP contribution is 2.48. The lowest BCUT2D eigenvalue weighted by Gasteiger charge is -2.41. The fraction of sp³-hybridized carbons (Fsp3) is 0.833. The topological polar surface area (TPSA) is 30.9 Å². The van der Waals surface area contributed by atoms with Gasteiger partial charge in [0.05, 0.1) is 0 Å². The molecule has 4 nitrogen and oxygen atoms in total. The minimum absolute atomic E-state index is 0.000679. The van der Waals surface area contributed by atoms with Crippen LogP contribution in [0, 0.1) is 0 Å². The molecule has 18 heavy (non-hydrogen) atoms. The van der Waals surface area contributed by atoms with Crippen LogP contribution < -0.4 is 0 Å². The minimum Gasteiger partial charge on any atom is -0.398 e. The van der Waals surface area contributed by atoms with Gasteiger partial charge in [-0.25, -0.2) is 0 Å². The summed E-state index contributed by atoms with van der Waals surface area (Å²) >= 11 is 1.66. The highest BCUT2D eigenvalue weighted by Gasteiger charge is 2.54. The smallest absolute Gasteiger partial charge is 0.224 e. The molecule has 2 rings (SSSR count). The highest BCUT2D eigenvalue weighted by atomic mass is 32.2. The van der Waals surface area contributed by atoms with Crippen molar-refractivity contribution in [1.82, 2.24) is 4.90 Å². The summed E-state index contributed by atoms with van der Waals surface area (Å²) in [5, 5.41) is 1.60. The third-order valence-corrected chi connectivity index (χ3v) is 5.26. The summed E-state index contributed by atoms with van der Waals surface area (Å²) in [5.41, 5.74) is 0. The molecule has 0 bridgehead atoms. The average molecular weight is 289 g/mol. The van der Waals surface area contributed by atoms with E-state index in [2.05, 4.69) is 43.8 Å². The monoisotopic (exact) mass is 289 g/mol. The van der Waals surface area contributed by atoms with E-state index >= 15 is 0 Å². The van der Waals surface area contributed by atoms with Crippen molar-refractivity contribution in [3.63, 3.8) is 0 Å². The predicted octanol–water partition coefficient (Wildman–Crippen LogP) is 3.14. The maximum atomic E-state index is 6.16. The van der Waals surface area contributed by atoms with Crippen molar-refractivity contribution in [2.45, 2.75) is 64.1 Å². The maximum absolute atomic E-state index is 6.16. The molecule has 2 aliphatic rings. The van der Waals surface area contributed by atoms with Gasteiger partial charge in [0.1, 0.15) is 12.3 Å². The second-order valence-corrected chi connectivity index (χ2v) is 11.3. The van der Waals surface area contributed by atoms with Crippen molar-refractivity contribution in [2.24, 2.45) is 0 Å². The van der Waals surface area contributed by atoms with E-state index in [9.17, 15) is 0 Å². The molecule has 1 fully saturated rings. The van der Waals surface area contributed by atoms with E-state index in [0.717, 1.165) is 0 Å². The van der Waals surface area contributed by atoms with Crippen LogP contribution in [0.2, 0.25) is 19.6 Å². The predicted molar refractivity (Wildman–Crippen MR) is 76.3 cm³/mol. The van der Waals surface area contributed by atoms with Crippen molar-refractivity contribution in [3.8, 4) is 0 Å². The molecule has 2 heterocycles. The second-order valence-electron chi connectivity index (χ2n) is 5.73. The van der Waals surface area contributed by atoms with Gasteiger partial charge < -0.3 is 18.8 Å². The van der Waals surface area contributed by atoms with Crippen LogP contribution in [0.25, 0.3) is 0 Å². The van der Waals surface area contributed by atoms with Crippen LogP contribution in [0.3, 0.4) is 0 Å². The van der Waals surface area contributed by atoms with Gasteiger partial charge in [0, 0.05) is 6.20 Å². The maximum Gasteiger partial charge on any atom is 0.224 e. The van der Waals surface area contributed by atoms with Crippen molar-refractivity contribution in [2.75, 3.05) is 0 Å². The number of rotatable bonds is 3. The molecule has 104 valence electrons. The van der Waals surface area contributed by atoms with Gasteiger partial charge in [-0.1, -0.05) is 11.8 Å². The molecule has 0 aliphatic carbocycles. The van der Waals surface area contributed by atoms with Gasteiger partial charge in [0.15, 0.2) is 14.6 Å². The van der Waals surface area contributed by atoms with Gasteiger partial charge >= 0.3 is 0 Å². The molecule has 0 saturated carbocycles. The number of hydrogen-bond donors (Lipinski definition) is 0. The largest absolute Gasteiger partial charge is 0.398 e. The summed E-state index contributed by atoms with van der Waals surface area (Å²) in [6.45, 7) is 12.7. The molecule has 0 aromatic carbocycles. The van der Waals surface area contributed by atoms with Crippen LogP contribution >= 0.6 is 11.8 Å². The molecule has 0 radical (unpaired) electrons. The van der Waals surface area contributed by atoms with Crippen LogP contribution in [0.1, 0.15) is 20.8 Å². The molecular formula is C12H23NO3SSi. The number of ether oxygens (including phenoxy) is 2. The van der Waals surface area contributed by atoms with E-state index in [1.807, 2.05) is 13.1 Å². The molecule has 0 aromatic heterocycles. The Labute approximate surface area is 115 Å². The van der Waals surface area contributed by atoms with Crippen molar-refractivity contribution >= 4 is 20.1 Å². The molecule has 4 unspecified atom stereocenters. The van der Waals surface area contributed by atoms with Gasteiger partial charge in [0.2, 0.25) is 5.06 Å². The minimum atomic E-state index is -1.58. The molecule has 6 heteroatoms. The molecule has 1 spiro atoms. The average Bonchev–Trinajstić information content (AvgIpc) is 2.70. The van der Waals surface area contributed by atoms with Gasteiger partial charge in [-0.15, -0.1) is 0 Å². The van der Waals surface area contributed by atoms with Crippen LogP contribution in [-0.2, 0) is 13.9 Å². The SMILES string of the molecule is CC1OC(C)C2(O1)SC=CN2C(C)O[Si](C)(C)C. The van der Waals surface area contributed by atoms with E-state index in [4.69, 9.17) is 13.9 Å². The van der Waals surface area contributed by atoms with Crippen LogP contribution in [0.5, 0.6) is 0 Å². The Morgan fingerprint density at radius 3 is 2.56 bits per heavy atom. The summed E-state index contributed by atoms with van der Waals surface area (Å²) < 4.78 is 17.9. The quantitative estimate of drug-likeness (QED) is 0.745. The fourth-order valence-electron chi connectivity index (χ4n) is 2.43. The Kier molecular flexibility index (Phi) is 3.86. The zero-order valence-electron chi connectivity index (χ0n) is 12.0. The number of nitrogens with zero attached hydrogens (tertiary/aromatic N) is 1. The van der Waals surface area contributed by atoms with E-state index in [-0.39, 0.29) is 18.6 Å². The van der Waals surface area contributed by atoms with E-state index < -0.39 is 13.4 Å². The Bertz CT molecular complexity index is 347. The Morgan fingerprint density at radius 1 is 1.39 bits per heavy atom. The van der Waals surface area contributed by atoms with Crippen molar-refractivity contribution in [1.29, 1.82) is 0 Å². The van der Waals surface area contributed by atoms with E-state index in [0.29, 0.717) is 0 Å². The van der Waals surface area contributed by atoms with Crippen LogP contribution in [0.15, 0.2) is 11.6 Å². The zero-order chi connectivity index (χ0) is 13.6.